The van der Waals surface area contributed by atoms with Gasteiger partial charge >= 0.3 is 0 Å². The molecule has 1 N–H and O–H groups in total. The molecule has 1 aromatic heterocycles. The number of nitrogens with one attached hydrogen (secondary N) is 1. The van der Waals surface area contributed by atoms with Crippen LogP contribution in [-0.4, -0.2) is 16.0 Å². The van der Waals surface area contributed by atoms with E-state index in [4.69, 9.17) is 0 Å². The fourth-order valence-corrected chi connectivity index (χ4v) is 2.66. The normalized spacial score (nSPS) is 28.6. The van der Waals surface area contributed by atoms with Crippen molar-refractivity contribution >= 4 is 5.95 Å². The van der Waals surface area contributed by atoms with Gasteiger partial charge in [0.2, 0.25) is 5.95 Å². The minimum absolute atomic E-state index is 0.585. The van der Waals surface area contributed by atoms with E-state index < -0.39 is 0 Å². The first-order valence-corrected chi connectivity index (χ1v) is 6.34. The van der Waals surface area contributed by atoms with Gasteiger partial charge in [0.1, 0.15) is 0 Å². The molecular weight excluding hydrogens is 198 g/mol. The van der Waals surface area contributed by atoms with Crippen molar-refractivity contribution in [2.45, 2.75) is 51.5 Å². The fraction of sp³-hybridized carbons (Fsp3) is 0.692. The molecule has 0 aliphatic heterocycles. The van der Waals surface area contributed by atoms with E-state index in [2.05, 4.69) is 29.1 Å². The minimum Gasteiger partial charge on any atom is -0.351 e. The van der Waals surface area contributed by atoms with Crippen LogP contribution in [-0.2, 0) is 6.42 Å². The second-order valence-corrected chi connectivity index (χ2v) is 5.47. The molecule has 1 fully saturated rings. The van der Waals surface area contributed by atoms with Gasteiger partial charge in [-0.05, 0) is 43.1 Å². The molecule has 16 heavy (non-hydrogen) atoms. The van der Waals surface area contributed by atoms with Crippen molar-refractivity contribution < 1.29 is 0 Å². The number of hydrogen-bond donors (Lipinski definition) is 1. The van der Waals surface area contributed by atoms with Crippen LogP contribution in [0.2, 0.25) is 0 Å². The molecule has 1 heterocycles. The standard InChI is InChI=1S/C13H19N3/c1-8-5-9(2)12-10(6-8)7-14-13(16-12)15-11-3-4-11/h7-9,11H,3-6H2,1-2H3,(H,14,15,16). The van der Waals surface area contributed by atoms with Crippen molar-refractivity contribution in [3.8, 4) is 0 Å². The molecule has 3 nitrogen and oxygen atoms in total. The molecule has 0 amide bonds. The molecule has 0 bridgehead atoms. The van der Waals surface area contributed by atoms with Gasteiger partial charge in [-0.25, -0.2) is 9.97 Å². The van der Waals surface area contributed by atoms with E-state index in [1.807, 2.05) is 6.20 Å². The Balaban J connectivity index is 1.87. The Morgan fingerprint density at radius 1 is 1.31 bits per heavy atom. The summed E-state index contributed by atoms with van der Waals surface area (Å²) in [5, 5.41) is 3.38. The quantitative estimate of drug-likeness (QED) is 0.827. The number of aromatic nitrogens is 2. The summed E-state index contributed by atoms with van der Waals surface area (Å²) in [6.07, 6.45) is 6.97. The summed E-state index contributed by atoms with van der Waals surface area (Å²) < 4.78 is 0. The molecule has 2 atom stereocenters. The average molecular weight is 217 g/mol. The van der Waals surface area contributed by atoms with Crippen molar-refractivity contribution in [3.05, 3.63) is 17.5 Å². The zero-order chi connectivity index (χ0) is 11.1. The molecule has 0 aromatic carbocycles. The van der Waals surface area contributed by atoms with Crippen LogP contribution in [0.25, 0.3) is 0 Å². The topological polar surface area (TPSA) is 37.8 Å². The molecular formula is C13H19N3. The average Bonchev–Trinajstić information content (AvgIpc) is 3.03. The lowest BCUT2D eigenvalue weighted by Crippen LogP contribution is -2.18. The maximum absolute atomic E-state index is 4.69. The monoisotopic (exact) mass is 217 g/mol. The molecule has 0 saturated heterocycles. The Labute approximate surface area is 96.7 Å². The van der Waals surface area contributed by atoms with E-state index in [9.17, 15) is 0 Å². The summed E-state index contributed by atoms with van der Waals surface area (Å²) in [5.41, 5.74) is 2.63. The molecule has 0 spiro atoms. The van der Waals surface area contributed by atoms with Gasteiger partial charge in [0.15, 0.2) is 0 Å². The Morgan fingerprint density at radius 2 is 2.12 bits per heavy atom. The lowest BCUT2D eigenvalue weighted by atomic mass is 9.82. The van der Waals surface area contributed by atoms with Crippen LogP contribution in [0.3, 0.4) is 0 Å². The van der Waals surface area contributed by atoms with Gasteiger partial charge in [0.25, 0.3) is 0 Å². The summed E-state index contributed by atoms with van der Waals surface area (Å²) >= 11 is 0. The molecule has 0 radical (unpaired) electrons. The van der Waals surface area contributed by atoms with Crippen LogP contribution in [0.1, 0.15) is 50.3 Å². The summed E-state index contributed by atoms with van der Waals surface area (Å²) in [5.74, 6) is 2.19. The summed E-state index contributed by atoms with van der Waals surface area (Å²) in [7, 11) is 0. The number of rotatable bonds is 2. The predicted molar refractivity (Wildman–Crippen MR) is 64.6 cm³/mol. The first kappa shape index (κ1) is 10.1. The third kappa shape index (κ3) is 1.91. The zero-order valence-electron chi connectivity index (χ0n) is 10.0. The number of anilines is 1. The Hall–Kier alpha value is -1.12. The van der Waals surface area contributed by atoms with Gasteiger partial charge in [0, 0.05) is 12.2 Å². The largest absolute Gasteiger partial charge is 0.351 e. The van der Waals surface area contributed by atoms with E-state index in [0.717, 1.165) is 18.3 Å². The van der Waals surface area contributed by atoms with Crippen molar-refractivity contribution in [2.75, 3.05) is 5.32 Å². The van der Waals surface area contributed by atoms with Gasteiger partial charge in [-0.2, -0.15) is 0 Å². The van der Waals surface area contributed by atoms with Crippen LogP contribution in [0.15, 0.2) is 6.20 Å². The molecule has 2 aliphatic rings. The van der Waals surface area contributed by atoms with Crippen LogP contribution < -0.4 is 5.32 Å². The molecule has 3 rings (SSSR count). The van der Waals surface area contributed by atoms with Crippen LogP contribution >= 0.6 is 0 Å². The predicted octanol–water partition coefficient (Wildman–Crippen LogP) is 2.74. The zero-order valence-corrected chi connectivity index (χ0v) is 10.0. The van der Waals surface area contributed by atoms with Crippen molar-refractivity contribution in [1.82, 2.24) is 9.97 Å². The van der Waals surface area contributed by atoms with E-state index in [1.165, 1.54) is 30.5 Å². The smallest absolute Gasteiger partial charge is 0.223 e. The van der Waals surface area contributed by atoms with Crippen molar-refractivity contribution in [2.24, 2.45) is 5.92 Å². The Bertz CT molecular complexity index is 398. The molecule has 1 saturated carbocycles. The van der Waals surface area contributed by atoms with Crippen molar-refractivity contribution in [3.63, 3.8) is 0 Å². The lowest BCUT2D eigenvalue weighted by molar-refractivity contribution is 0.440. The lowest BCUT2D eigenvalue weighted by Gasteiger charge is -2.26. The SMILES string of the molecule is CC1Cc2cnc(NC3CC3)nc2C(C)C1. The van der Waals surface area contributed by atoms with E-state index >= 15 is 0 Å². The first-order chi connectivity index (χ1) is 7.72. The van der Waals surface area contributed by atoms with E-state index in [1.54, 1.807) is 0 Å². The molecule has 1 aromatic rings. The Kier molecular flexibility index (Phi) is 2.34. The highest BCUT2D eigenvalue weighted by atomic mass is 15.1. The maximum Gasteiger partial charge on any atom is 0.223 e. The molecule has 2 aliphatic carbocycles. The van der Waals surface area contributed by atoms with Crippen LogP contribution in [0.4, 0.5) is 5.95 Å². The summed E-state index contributed by atoms with van der Waals surface area (Å²) in [6, 6.07) is 0.635. The van der Waals surface area contributed by atoms with E-state index in [0.29, 0.717) is 12.0 Å². The highest BCUT2D eigenvalue weighted by Gasteiger charge is 2.25. The van der Waals surface area contributed by atoms with Crippen LogP contribution in [0.5, 0.6) is 0 Å². The van der Waals surface area contributed by atoms with Gasteiger partial charge in [-0.3, -0.25) is 0 Å². The third-order valence-corrected chi connectivity index (χ3v) is 3.60. The van der Waals surface area contributed by atoms with Crippen LogP contribution in [0, 0.1) is 5.92 Å². The fourth-order valence-electron chi connectivity index (χ4n) is 2.66. The number of fused-ring (bicyclic) bond motifs is 1. The van der Waals surface area contributed by atoms with Gasteiger partial charge in [0.05, 0.1) is 5.69 Å². The van der Waals surface area contributed by atoms with Gasteiger partial charge in [-0.1, -0.05) is 13.8 Å². The number of hydrogen-bond acceptors (Lipinski definition) is 3. The minimum atomic E-state index is 0.585. The molecule has 3 heteroatoms. The molecule has 2 unspecified atom stereocenters. The third-order valence-electron chi connectivity index (χ3n) is 3.60. The summed E-state index contributed by atoms with van der Waals surface area (Å²) in [6.45, 7) is 4.60. The first-order valence-electron chi connectivity index (χ1n) is 6.34. The number of nitrogens with zero attached hydrogens (tertiary/aromatic N) is 2. The molecule has 86 valence electrons. The summed E-state index contributed by atoms with van der Waals surface area (Å²) in [4.78, 5) is 9.11. The van der Waals surface area contributed by atoms with Crippen molar-refractivity contribution in [1.29, 1.82) is 0 Å². The second-order valence-electron chi connectivity index (χ2n) is 5.47. The highest BCUT2D eigenvalue weighted by Crippen LogP contribution is 2.33. The van der Waals surface area contributed by atoms with Gasteiger partial charge in [-0.15, -0.1) is 0 Å². The maximum atomic E-state index is 4.69. The second kappa shape index (κ2) is 3.72. The highest BCUT2D eigenvalue weighted by molar-refractivity contribution is 5.34. The van der Waals surface area contributed by atoms with Gasteiger partial charge < -0.3 is 5.32 Å². The Morgan fingerprint density at radius 3 is 2.88 bits per heavy atom. The van der Waals surface area contributed by atoms with E-state index in [-0.39, 0.29) is 0 Å².